The van der Waals surface area contributed by atoms with Gasteiger partial charge in [0.1, 0.15) is 5.82 Å². The first-order valence-electron chi connectivity index (χ1n) is 7.31. The summed E-state index contributed by atoms with van der Waals surface area (Å²) in [4.78, 5) is 0. The fourth-order valence-electron chi connectivity index (χ4n) is 2.96. The number of nitrogens with zero attached hydrogens (tertiary/aromatic N) is 6. The number of hydrogen-bond donors (Lipinski definition) is 1. The smallest absolute Gasteiger partial charge is 0.186 e. The van der Waals surface area contributed by atoms with Crippen molar-refractivity contribution in [1.82, 2.24) is 29.8 Å². The Bertz CT molecular complexity index is 565. The van der Waals surface area contributed by atoms with Crippen LogP contribution in [0.2, 0.25) is 0 Å². The molecule has 0 amide bonds. The van der Waals surface area contributed by atoms with E-state index in [-0.39, 0.29) is 0 Å². The second-order valence-electron chi connectivity index (χ2n) is 5.39. The fraction of sp³-hybridized carbons (Fsp3) is 0.692. The zero-order valence-corrected chi connectivity index (χ0v) is 11.9. The molecule has 0 atom stereocenters. The van der Waals surface area contributed by atoms with Crippen molar-refractivity contribution in [2.75, 3.05) is 6.54 Å². The summed E-state index contributed by atoms with van der Waals surface area (Å²) in [5.41, 5.74) is 6.32. The molecule has 0 unspecified atom stereocenters. The van der Waals surface area contributed by atoms with Gasteiger partial charge >= 0.3 is 0 Å². The van der Waals surface area contributed by atoms with Gasteiger partial charge in [-0.2, -0.15) is 0 Å². The van der Waals surface area contributed by atoms with Gasteiger partial charge < -0.3 is 10.3 Å². The second kappa shape index (κ2) is 5.70. The Morgan fingerprint density at radius 3 is 2.75 bits per heavy atom. The van der Waals surface area contributed by atoms with Crippen LogP contribution in [0, 0.1) is 6.92 Å². The SMILES string of the molecule is Cc1nnc(-c2cn(CCN)nn2)n1C1CCCCC1. The molecule has 0 bridgehead atoms. The van der Waals surface area contributed by atoms with Crippen LogP contribution in [0.1, 0.15) is 44.0 Å². The summed E-state index contributed by atoms with van der Waals surface area (Å²) in [6, 6.07) is 0.494. The molecule has 2 aromatic heterocycles. The van der Waals surface area contributed by atoms with Crippen LogP contribution in [0.3, 0.4) is 0 Å². The minimum absolute atomic E-state index is 0.494. The lowest BCUT2D eigenvalue weighted by molar-refractivity contribution is 0.350. The van der Waals surface area contributed by atoms with Gasteiger partial charge in [0.2, 0.25) is 0 Å². The monoisotopic (exact) mass is 275 g/mol. The molecule has 1 saturated carbocycles. The quantitative estimate of drug-likeness (QED) is 0.909. The standard InChI is InChI=1S/C13H21N7/c1-10-15-17-13(12-9-19(8-7-14)18-16-12)20(10)11-5-3-2-4-6-11/h9,11H,2-8,14H2,1H3. The lowest BCUT2D eigenvalue weighted by atomic mass is 9.95. The summed E-state index contributed by atoms with van der Waals surface area (Å²) in [6.07, 6.45) is 8.18. The molecule has 2 heterocycles. The Hall–Kier alpha value is -1.76. The molecule has 1 aliphatic rings. The van der Waals surface area contributed by atoms with Crippen molar-refractivity contribution in [3.05, 3.63) is 12.0 Å². The van der Waals surface area contributed by atoms with E-state index < -0.39 is 0 Å². The number of aryl methyl sites for hydroxylation is 1. The van der Waals surface area contributed by atoms with E-state index in [2.05, 4.69) is 25.1 Å². The highest BCUT2D eigenvalue weighted by Gasteiger charge is 2.23. The predicted molar refractivity (Wildman–Crippen MR) is 75.0 cm³/mol. The lowest BCUT2D eigenvalue weighted by Crippen LogP contribution is -2.15. The minimum atomic E-state index is 0.494. The van der Waals surface area contributed by atoms with Gasteiger partial charge in [0.15, 0.2) is 11.5 Å². The predicted octanol–water partition coefficient (Wildman–Crippen LogP) is 1.31. The Morgan fingerprint density at radius 1 is 1.20 bits per heavy atom. The first kappa shape index (κ1) is 13.2. The van der Waals surface area contributed by atoms with E-state index in [0.717, 1.165) is 17.3 Å². The normalized spacial score (nSPS) is 16.7. The molecule has 0 aliphatic heterocycles. The summed E-state index contributed by atoms with van der Waals surface area (Å²) in [5, 5.41) is 16.8. The molecule has 7 heteroatoms. The van der Waals surface area contributed by atoms with Crippen molar-refractivity contribution in [1.29, 1.82) is 0 Å². The molecule has 7 nitrogen and oxygen atoms in total. The van der Waals surface area contributed by atoms with Crippen molar-refractivity contribution < 1.29 is 0 Å². The van der Waals surface area contributed by atoms with E-state index in [1.807, 2.05) is 13.1 Å². The highest BCUT2D eigenvalue weighted by Crippen LogP contribution is 2.32. The van der Waals surface area contributed by atoms with Crippen molar-refractivity contribution in [3.8, 4) is 11.5 Å². The highest BCUT2D eigenvalue weighted by molar-refractivity contribution is 5.47. The highest BCUT2D eigenvalue weighted by atomic mass is 15.4. The molecule has 0 radical (unpaired) electrons. The Morgan fingerprint density at radius 2 is 2.00 bits per heavy atom. The van der Waals surface area contributed by atoms with E-state index in [0.29, 0.717) is 19.1 Å². The third-order valence-corrected chi connectivity index (χ3v) is 3.93. The van der Waals surface area contributed by atoms with Crippen molar-refractivity contribution in [3.63, 3.8) is 0 Å². The van der Waals surface area contributed by atoms with Crippen molar-refractivity contribution in [2.24, 2.45) is 5.73 Å². The Labute approximate surface area is 118 Å². The first-order chi connectivity index (χ1) is 9.79. The van der Waals surface area contributed by atoms with Crippen LogP contribution in [0.25, 0.3) is 11.5 Å². The van der Waals surface area contributed by atoms with Crippen LogP contribution >= 0.6 is 0 Å². The van der Waals surface area contributed by atoms with Gasteiger partial charge in [0, 0.05) is 12.6 Å². The minimum Gasteiger partial charge on any atom is -0.329 e. The Balaban J connectivity index is 1.92. The Kier molecular flexibility index (Phi) is 3.77. The van der Waals surface area contributed by atoms with Gasteiger partial charge in [-0.3, -0.25) is 4.68 Å². The zero-order valence-electron chi connectivity index (χ0n) is 11.9. The van der Waals surface area contributed by atoms with Crippen LogP contribution in [0.5, 0.6) is 0 Å². The molecule has 2 aromatic rings. The van der Waals surface area contributed by atoms with Crippen LogP contribution < -0.4 is 5.73 Å². The molecule has 0 saturated heterocycles. The lowest BCUT2D eigenvalue weighted by Gasteiger charge is -2.24. The van der Waals surface area contributed by atoms with E-state index in [9.17, 15) is 0 Å². The van der Waals surface area contributed by atoms with E-state index in [1.54, 1.807) is 4.68 Å². The third-order valence-electron chi connectivity index (χ3n) is 3.93. The second-order valence-corrected chi connectivity index (χ2v) is 5.39. The third kappa shape index (κ3) is 2.45. The van der Waals surface area contributed by atoms with Gasteiger partial charge in [0.25, 0.3) is 0 Å². The van der Waals surface area contributed by atoms with Gasteiger partial charge in [-0.25, -0.2) is 0 Å². The molecule has 0 spiro atoms. The average Bonchev–Trinajstić information content (AvgIpc) is 3.07. The molecule has 1 fully saturated rings. The summed E-state index contributed by atoms with van der Waals surface area (Å²) in [7, 11) is 0. The molecule has 2 N–H and O–H groups in total. The van der Waals surface area contributed by atoms with Gasteiger partial charge in [-0.05, 0) is 19.8 Å². The van der Waals surface area contributed by atoms with Crippen molar-refractivity contribution in [2.45, 2.75) is 51.6 Å². The topological polar surface area (TPSA) is 87.4 Å². The number of nitrogens with two attached hydrogens (primary N) is 1. The van der Waals surface area contributed by atoms with E-state index in [1.165, 1.54) is 32.1 Å². The van der Waals surface area contributed by atoms with E-state index in [4.69, 9.17) is 5.73 Å². The fourth-order valence-corrected chi connectivity index (χ4v) is 2.96. The maximum Gasteiger partial charge on any atom is 0.186 e. The van der Waals surface area contributed by atoms with Gasteiger partial charge in [0.05, 0.1) is 12.7 Å². The summed E-state index contributed by atoms with van der Waals surface area (Å²) < 4.78 is 3.99. The molecule has 0 aromatic carbocycles. The summed E-state index contributed by atoms with van der Waals surface area (Å²) in [5.74, 6) is 1.79. The molecule has 108 valence electrons. The summed E-state index contributed by atoms with van der Waals surface area (Å²) in [6.45, 7) is 3.23. The van der Waals surface area contributed by atoms with Crippen LogP contribution in [0.15, 0.2) is 6.20 Å². The summed E-state index contributed by atoms with van der Waals surface area (Å²) >= 11 is 0. The molecular weight excluding hydrogens is 254 g/mol. The molecule has 3 rings (SSSR count). The number of aromatic nitrogens is 6. The maximum atomic E-state index is 5.54. The largest absolute Gasteiger partial charge is 0.329 e. The van der Waals surface area contributed by atoms with Gasteiger partial charge in [-0.1, -0.05) is 24.5 Å². The van der Waals surface area contributed by atoms with Crippen LogP contribution in [-0.2, 0) is 6.54 Å². The molecule has 1 aliphatic carbocycles. The van der Waals surface area contributed by atoms with Crippen LogP contribution in [-0.4, -0.2) is 36.3 Å². The van der Waals surface area contributed by atoms with Crippen molar-refractivity contribution >= 4 is 0 Å². The first-order valence-corrected chi connectivity index (χ1v) is 7.31. The van der Waals surface area contributed by atoms with Gasteiger partial charge in [-0.15, -0.1) is 15.3 Å². The van der Waals surface area contributed by atoms with Crippen LogP contribution in [0.4, 0.5) is 0 Å². The zero-order chi connectivity index (χ0) is 13.9. The molecular formula is C13H21N7. The van der Waals surface area contributed by atoms with E-state index >= 15 is 0 Å². The maximum absolute atomic E-state index is 5.54. The molecule has 20 heavy (non-hydrogen) atoms. The number of rotatable bonds is 4. The number of hydrogen-bond acceptors (Lipinski definition) is 5. The average molecular weight is 275 g/mol.